The quantitative estimate of drug-likeness (QED) is 0.272. The van der Waals surface area contributed by atoms with Gasteiger partial charge in [0.15, 0.2) is 12.4 Å². The lowest BCUT2D eigenvalue weighted by Gasteiger charge is -2.39. The Kier molecular flexibility index (Phi) is 11.4. The lowest BCUT2D eigenvalue weighted by Crippen LogP contribution is -2.42. The zero-order chi connectivity index (χ0) is 31.8. The first-order valence-corrected chi connectivity index (χ1v) is 15.7. The number of aliphatic hydroxyl groups is 1. The molecule has 5 atom stereocenters. The third kappa shape index (κ3) is 8.77. The van der Waals surface area contributed by atoms with Crippen LogP contribution in [0.4, 0.5) is 0 Å². The van der Waals surface area contributed by atoms with Gasteiger partial charge in [0.05, 0.1) is 25.4 Å². The number of benzene rings is 3. The minimum atomic E-state index is -0.852. The highest BCUT2D eigenvalue weighted by molar-refractivity contribution is 5.82. The van der Waals surface area contributed by atoms with Crippen molar-refractivity contribution in [3.63, 3.8) is 0 Å². The number of nitrogens with zero attached hydrogens (tertiary/aromatic N) is 1. The third-order valence-corrected chi connectivity index (χ3v) is 8.51. The van der Waals surface area contributed by atoms with E-state index in [1.807, 2.05) is 60.7 Å². The van der Waals surface area contributed by atoms with Crippen molar-refractivity contribution in [1.29, 1.82) is 0 Å². The maximum Gasteiger partial charge on any atom is 0.303 e. The van der Waals surface area contributed by atoms with Crippen LogP contribution in [0.2, 0.25) is 0 Å². The SMILES string of the molecule is COC[C@@H]1CCCN1C[C@@H]1C[C@H](c2ccc(CO)cc2)O[C@H](c2cccc(-c3cccc(CNC(=O)[C@H](C)OC(C)=O)c3)c2)O1. The highest BCUT2D eigenvalue weighted by atomic mass is 16.7. The van der Waals surface area contributed by atoms with Gasteiger partial charge in [0.2, 0.25) is 0 Å². The number of hydrogen-bond acceptors (Lipinski definition) is 8. The van der Waals surface area contributed by atoms with E-state index < -0.39 is 18.4 Å². The smallest absolute Gasteiger partial charge is 0.303 e. The monoisotopic (exact) mass is 616 g/mol. The zero-order valence-electron chi connectivity index (χ0n) is 26.3. The number of methoxy groups -OCH3 is 1. The van der Waals surface area contributed by atoms with E-state index in [9.17, 15) is 14.7 Å². The molecule has 9 heteroatoms. The van der Waals surface area contributed by atoms with Crippen LogP contribution < -0.4 is 5.32 Å². The van der Waals surface area contributed by atoms with Crippen molar-refractivity contribution >= 4 is 11.9 Å². The molecule has 45 heavy (non-hydrogen) atoms. The largest absolute Gasteiger partial charge is 0.453 e. The van der Waals surface area contributed by atoms with Gasteiger partial charge >= 0.3 is 5.97 Å². The molecule has 2 heterocycles. The van der Waals surface area contributed by atoms with E-state index >= 15 is 0 Å². The molecule has 2 aliphatic heterocycles. The highest BCUT2D eigenvalue weighted by Crippen LogP contribution is 2.39. The minimum Gasteiger partial charge on any atom is -0.453 e. The standard InChI is InChI=1S/C36H44N2O7/c1-24(43-25(2)40)35(41)37-20-27-7-4-8-29(17-27)30-9-5-10-31(18-30)36-44-33(21-38-16-6-11-32(38)23-42-3)19-34(45-36)28-14-12-26(22-39)13-15-28/h4-5,7-10,12-15,17-18,24,32-34,36,39H,6,11,16,19-23H2,1-3H3,(H,37,41)/t24-,32-,33-,34+,36+/m0/s1. The van der Waals surface area contributed by atoms with Gasteiger partial charge in [-0.3, -0.25) is 14.5 Å². The number of carbonyl (C=O) groups excluding carboxylic acids is 2. The summed E-state index contributed by atoms with van der Waals surface area (Å²) in [6.07, 6.45) is 1.41. The van der Waals surface area contributed by atoms with E-state index in [0.29, 0.717) is 19.2 Å². The van der Waals surface area contributed by atoms with Gasteiger partial charge in [0.1, 0.15) is 0 Å². The Bertz CT molecular complexity index is 1430. The Morgan fingerprint density at radius 2 is 1.76 bits per heavy atom. The van der Waals surface area contributed by atoms with Crippen LogP contribution in [0.15, 0.2) is 72.8 Å². The summed E-state index contributed by atoms with van der Waals surface area (Å²) in [5.74, 6) is -0.837. The molecule has 0 bridgehead atoms. The molecule has 2 N–H and O–H groups in total. The fraction of sp³-hybridized carbons (Fsp3) is 0.444. The normalized spacial score (nSPS) is 22.6. The minimum absolute atomic E-state index is 0.00375. The molecular weight excluding hydrogens is 572 g/mol. The molecule has 5 rings (SSSR count). The molecule has 3 aromatic carbocycles. The molecule has 240 valence electrons. The summed E-state index contributed by atoms with van der Waals surface area (Å²) >= 11 is 0. The Balaban J connectivity index is 1.33. The molecule has 9 nitrogen and oxygen atoms in total. The number of carbonyl (C=O) groups is 2. The summed E-state index contributed by atoms with van der Waals surface area (Å²) in [7, 11) is 1.76. The lowest BCUT2D eigenvalue weighted by atomic mass is 9.98. The molecule has 0 spiro atoms. The van der Waals surface area contributed by atoms with E-state index in [4.69, 9.17) is 18.9 Å². The highest BCUT2D eigenvalue weighted by Gasteiger charge is 2.35. The number of likely N-dealkylation sites (tertiary alicyclic amines) is 1. The Labute approximate surface area is 265 Å². The van der Waals surface area contributed by atoms with Crippen LogP contribution in [0, 0.1) is 0 Å². The number of rotatable bonds is 12. The molecule has 0 aromatic heterocycles. The molecule has 0 saturated carbocycles. The molecular formula is C36H44N2O7. The fourth-order valence-electron chi connectivity index (χ4n) is 6.17. The van der Waals surface area contributed by atoms with E-state index in [2.05, 4.69) is 22.3 Å². The number of nitrogens with one attached hydrogen (secondary N) is 1. The lowest BCUT2D eigenvalue weighted by molar-refractivity contribution is -0.253. The average molecular weight is 617 g/mol. The van der Waals surface area contributed by atoms with Crippen LogP contribution in [0.1, 0.15) is 67.8 Å². The van der Waals surface area contributed by atoms with Crippen molar-refractivity contribution in [2.24, 2.45) is 0 Å². The van der Waals surface area contributed by atoms with Crippen LogP contribution >= 0.6 is 0 Å². The predicted molar refractivity (Wildman–Crippen MR) is 170 cm³/mol. The number of ether oxygens (including phenoxy) is 4. The topological polar surface area (TPSA) is 107 Å². The molecule has 0 radical (unpaired) electrons. The third-order valence-electron chi connectivity index (χ3n) is 8.51. The molecule has 2 aliphatic rings. The second-order valence-corrected chi connectivity index (χ2v) is 11.9. The summed E-state index contributed by atoms with van der Waals surface area (Å²) in [6, 6.07) is 24.5. The van der Waals surface area contributed by atoms with Crippen LogP contribution in [0.3, 0.4) is 0 Å². The first-order valence-electron chi connectivity index (χ1n) is 15.7. The molecule has 3 aromatic rings. The zero-order valence-corrected chi connectivity index (χ0v) is 26.3. The van der Waals surface area contributed by atoms with Crippen LogP contribution in [0.25, 0.3) is 11.1 Å². The maximum absolute atomic E-state index is 12.3. The first kappa shape index (κ1) is 32.8. The predicted octanol–water partition coefficient (Wildman–Crippen LogP) is 5.07. The Morgan fingerprint density at radius 3 is 2.49 bits per heavy atom. The summed E-state index contributed by atoms with van der Waals surface area (Å²) in [4.78, 5) is 26.0. The molecule has 2 fully saturated rings. The van der Waals surface area contributed by atoms with Gasteiger partial charge in [0, 0.05) is 45.1 Å². The Hall–Kier alpha value is -3.60. The van der Waals surface area contributed by atoms with E-state index in [1.165, 1.54) is 6.92 Å². The van der Waals surface area contributed by atoms with Crippen molar-refractivity contribution in [3.05, 3.63) is 95.1 Å². The Morgan fingerprint density at radius 1 is 1.00 bits per heavy atom. The van der Waals surface area contributed by atoms with Crippen LogP contribution in [0.5, 0.6) is 0 Å². The van der Waals surface area contributed by atoms with Gasteiger partial charge in [-0.15, -0.1) is 0 Å². The van der Waals surface area contributed by atoms with E-state index in [-0.39, 0.29) is 24.7 Å². The van der Waals surface area contributed by atoms with Gasteiger partial charge in [-0.2, -0.15) is 0 Å². The van der Waals surface area contributed by atoms with Crippen molar-refractivity contribution in [2.45, 2.75) is 76.9 Å². The van der Waals surface area contributed by atoms with Gasteiger partial charge < -0.3 is 29.4 Å². The van der Waals surface area contributed by atoms with Crippen molar-refractivity contribution in [1.82, 2.24) is 10.2 Å². The summed E-state index contributed by atoms with van der Waals surface area (Å²) in [6.45, 7) is 5.71. The second-order valence-electron chi connectivity index (χ2n) is 11.9. The van der Waals surface area contributed by atoms with Crippen molar-refractivity contribution in [2.75, 3.05) is 26.8 Å². The van der Waals surface area contributed by atoms with Crippen molar-refractivity contribution < 1.29 is 33.6 Å². The maximum atomic E-state index is 12.3. The van der Waals surface area contributed by atoms with Gasteiger partial charge in [0.25, 0.3) is 5.91 Å². The summed E-state index contributed by atoms with van der Waals surface area (Å²) in [5.41, 5.74) is 5.79. The van der Waals surface area contributed by atoms with Gasteiger partial charge in [-0.1, -0.05) is 60.7 Å². The molecule has 0 aliphatic carbocycles. The number of aliphatic hydroxyl groups excluding tert-OH is 1. The van der Waals surface area contributed by atoms with E-state index in [0.717, 1.165) is 65.7 Å². The van der Waals surface area contributed by atoms with E-state index in [1.54, 1.807) is 14.0 Å². The fourth-order valence-corrected chi connectivity index (χ4v) is 6.17. The average Bonchev–Trinajstić information content (AvgIpc) is 3.49. The summed E-state index contributed by atoms with van der Waals surface area (Å²) in [5, 5.41) is 12.4. The van der Waals surface area contributed by atoms with Crippen LogP contribution in [-0.4, -0.2) is 66.9 Å². The van der Waals surface area contributed by atoms with Gasteiger partial charge in [-0.05, 0) is 66.3 Å². The first-order chi connectivity index (χ1) is 21.8. The summed E-state index contributed by atoms with van der Waals surface area (Å²) < 4.78 is 23.8. The number of esters is 1. The van der Waals surface area contributed by atoms with Crippen LogP contribution in [-0.2, 0) is 41.7 Å². The second kappa shape index (κ2) is 15.6. The number of hydrogen-bond donors (Lipinski definition) is 2. The number of amides is 1. The molecule has 2 saturated heterocycles. The molecule has 0 unspecified atom stereocenters. The molecule has 1 amide bonds. The van der Waals surface area contributed by atoms with Crippen molar-refractivity contribution in [3.8, 4) is 11.1 Å². The van der Waals surface area contributed by atoms with Gasteiger partial charge in [-0.25, -0.2) is 0 Å².